The van der Waals surface area contributed by atoms with Gasteiger partial charge in [-0.25, -0.2) is 0 Å². The highest BCUT2D eigenvalue weighted by Gasteiger charge is 2.24. The zero-order valence-electron chi connectivity index (χ0n) is 11.5. The van der Waals surface area contributed by atoms with Crippen LogP contribution in [0.5, 0.6) is 0 Å². The van der Waals surface area contributed by atoms with E-state index >= 15 is 0 Å². The first kappa shape index (κ1) is 13.4. The van der Waals surface area contributed by atoms with Crippen LogP contribution in [0.4, 0.5) is 0 Å². The monoisotopic (exact) mass is 290 g/mol. The van der Waals surface area contributed by atoms with Crippen molar-refractivity contribution in [2.24, 2.45) is 0 Å². The summed E-state index contributed by atoms with van der Waals surface area (Å²) in [5, 5.41) is 2.11. The molecule has 2 aromatic rings. The Kier molecular flexibility index (Phi) is 3.89. The molecule has 3 rings (SSSR count). The number of carbonyl (C=O) groups is 1. The van der Waals surface area contributed by atoms with Gasteiger partial charge in [-0.3, -0.25) is 9.69 Å². The minimum Gasteiger partial charge on any atom is -0.469 e. The summed E-state index contributed by atoms with van der Waals surface area (Å²) < 4.78 is 5.21. The topological polar surface area (TPSA) is 36.7 Å². The average Bonchev–Trinajstić information content (AvgIpc) is 3.10. The standard InChI is InChI=1S/C15H18N2O2S/c1-12-14(4-9-19-12)15(18)17-7-5-16(6-8-17)11-13-3-2-10-20-13/h2-4,9-10H,5-8,11H2,1H3. The fourth-order valence-corrected chi connectivity index (χ4v) is 3.26. The van der Waals surface area contributed by atoms with Crippen molar-refractivity contribution >= 4 is 17.2 Å². The molecule has 4 nitrogen and oxygen atoms in total. The normalized spacial score (nSPS) is 16.6. The van der Waals surface area contributed by atoms with Crippen molar-refractivity contribution in [1.82, 2.24) is 9.80 Å². The van der Waals surface area contributed by atoms with Crippen LogP contribution in [0.25, 0.3) is 0 Å². The van der Waals surface area contributed by atoms with Crippen LogP contribution in [0.3, 0.4) is 0 Å². The summed E-state index contributed by atoms with van der Waals surface area (Å²) in [6, 6.07) is 6.01. The number of hydrogen-bond acceptors (Lipinski definition) is 4. The van der Waals surface area contributed by atoms with Crippen LogP contribution >= 0.6 is 11.3 Å². The highest BCUT2D eigenvalue weighted by Crippen LogP contribution is 2.16. The Bertz CT molecular complexity index is 568. The summed E-state index contributed by atoms with van der Waals surface area (Å²) in [4.78, 5) is 18.1. The van der Waals surface area contributed by atoms with Crippen LogP contribution in [0.2, 0.25) is 0 Å². The first-order valence-corrected chi connectivity index (χ1v) is 7.70. The Balaban J connectivity index is 1.56. The Morgan fingerprint density at radius 1 is 1.30 bits per heavy atom. The second-order valence-corrected chi connectivity index (χ2v) is 6.07. The third-order valence-corrected chi connectivity index (χ3v) is 4.57. The van der Waals surface area contributed by atoms with Crippen molar-refractivity contribution in [2.75, 3.05) is 26.2 Å². The summed E-state index contributed by atoms with van der Waals surface area (Å²) >= 11 is 1.79. The molecule has 0 aliphatic carbocycles. The van der Waals surface area contributed by atoms with Crippen LogP contribution in [-0.4, -0.2) is 41.9 Å². The molecule has 1 aliphatic rings. The number of furan rings is 1. The van der Waals surface area contributed by atoms with Gasteiger partial charge in [0.1, 0.15) is 5.76 Å². The third kappa shape index (κ3) is 2.78. The summed E-state index contributed by atoms with van der Waals surface area (Å²) in [5.41, 5.74) is 0.691. The van der Waals surface area contributed by atoms with Gasteiger partial charge in [-0.15, -0.1) is 11.3 Å². The summed E-state index contributed by atoms with van der Waals surface area (Å²) in [6.45, 7) is 6.26. The maximum absolute atomic E-state index is 12.4. The largest absolute Gasteiger partial charge is 0.469 e. The van der Waals surface area contributed by atoms with Gasteiger partial charge in [0.15, 0.2) is 0 Å². The maximum Gasteiger partial charge on any atom is 0.257 e. The highest BCUT2D eigenvalue weighted by atomic mass is 32.1. The van der Waals surface area contributed by atoms with Crippen LogP contribution in [-0.2, 0) is 6.54 Å². The number of aryl methyl sites for hydroxylation is 1. The molecule has 0 bridgehead atoms. The van der Waals surface area contributed by atoms with Crippen LogP contribution in [0.1, 0.15) is 21.0 Å². The minimum absolute atomic E-state index is 0.0898. The number of amides is 1. The van der Waals surface area contributed by atoms with E-state index in [2.05, 4.69) is 22.4 Å². The van der Waals surface area contributed by atoms with Crippen molar-refractivity contribution in [3.63, 3.8) is 0 Å². The zero-order chi connectivity index (χ0) is 13.9. The van der Waals surface area contributed by atoms with Gasteiger partial charge in [-0.05, 0) is 24.4 Å². The lowest BCUT2D eigenvalue weighted by Crippen LogP contribution is -2.48. The number of nitrogens with zero attached hydrogens (tertiary/aromatic N) is 2. The molecule has 3 heterocycles. The Labute approximate surface area is 122 Å². The third-order valence-electron chi connectivity index (χ3n) is 3.71. The molecule has 0 unspecified atom stereocenters. The molecule has 1 fully saturated rings. The lowest BCUT2D eigenvalue weighted by Gasteiger charge is -2.34. The summed E-state index contributed by atoms with van der Waals surface area (Å²) in [6.07, 6.45) is 1.58. The quantitative estimate of drug-likeness (QED) is 0.872. The van der Waals surface area contributed by atoms with E-state index in [-0.39, 0.29) is 5.91 Å². The fourth-order valence-electron chi connectivity index (χ4n) is 2.51. The fraction of sp³-hybridized carbons (Fsp3) is 0.400. The SMILES string of the molecule is Cc1occc1C(=O)N1CCN(Cc2cccs2)CC1. The number of thiophene rings is 1. The van der Waals surface area contributed by atoms with Gasteiger partial charge in [0.05, 0.1) is 11.8 Å². The molecule has 0 radical (unpaired) electrons. The number of carbonyl (C=O) groups excluding carboxylic acids is 1. The van der Waals surface area contributed by atoms with Crippen molar-refractivity contribution < 1.29 is 9.21 Å². The smallest absolute Gasteiger partial charge is 0.257 e. The van der Waals surface area contributed by atoms with Gasteiger partial charge < -0.3 is 9.32 Å². The van der Waals surface area contributed by atoms with Gasteiger partial charge in [0.25, 0.3) is 5.91 Å². The molecule has 0 saturated carbocycles. The first-order valence-electron chi connectivity index (χ1n) is 6.82. The molecule has 1 saturated heterocycles. The Hall–Kier alpha value is -1.59. The van der Waals surface area contributed by atoms with Gasteiger partial charge in [-0.2, -0.15) is 0 Å². The number of rotatable bonds is 3. The van der Waals surface area contributed by atoms with E-state index in [1.807, 2.05) is 11.8 Å². The van der Waals surface area contributed by atoms with Gasteiger partial charge in [0.2, 0.25) is 0 Å². The molecule has 5 heteroatoms. The predicted octanol–water partition coefficient (Wildman–Crippen LogP) is 2.61. The molecular weight excluding hydrogens is 272 g/mol. The van der Waals surface area contributed by atoms with E-state index in [4.69, 9.17) is 4.42 Å². The molecule has 106 valence electrons. The van der Waals surface area contributed by atoms with Crippen molar-refractivity contribution in [1.29, 1.82) is 0 Å². The number of hydrogen-bond donors (Lipinski definition) is 0. The molecule has 1 aliphatic heterocycles. The average molecular weight is 290 g/mol. The highest BCUT2D eigenvalue weighted by molar-refractivity contribution is 7.09. The van der Waals surface area contributed by atoms with Gasteiger partial charge in [0, 0.05) is 37.6 Å². The first-order chi connectivity index (χ1) is 9.74. The number of piperazine rings is 1. The summed E-state index contributed by atoms with van der Waals surface area (Å²) in [7, 11) is 0. The van der Waals surface area contributed by atoms with E-state index in [0.717, 1.165) is 32.7 Å². The molecule has 0 atom stereocenters. The predicted molar refractivity (Wildman–Crippen MR) is 78.9 cm³/mol. The minimum atomic E-state index is 0.0898. The van der Waals surface area contributed by atoms with Gasteiger partial charge in [-0.1, -0.05) is 6.07 Å². The lowest BCUT2D eigenvalue weighted by atomic mass is 10.2. The van der Waals surface area contributed by atoms with Crippen LogP contribution in [0.15, 0.2) is 34.3 Å². The van der Waals surface area contributed by atoms with Crippen LogP contribution < -0.4 is 0 Å². The Morgan fingerprint density at radius 3 is 2.70 bits per heavy atom. The molecule has 0 aromatic carbocycles. The molecule has 0 N–H and O–H groups in total. The van der Waals surface area contributed by atoms with E-state index in [9.17, 15) is 4.79 Å². The second kappa shape index (κ2) is 5.81. The lowest BCUT2D eigenvalue weighted by molar-refractivity contribution is 0.0628. The molecular formula is C15H18N2O2S. The van der Waals surface area contributed by atoms with Crippen molar-refractivity contribution in [3.8, 4) is 0 Å². The second-order valence-electron chi connectivity index (χ2n) is 5.04. The van der Waals surface area contributed by atoms with E-state index in [0.29, 0.717) is 11.3 Å². The van der Waals surface area contributed by atoms with E-state index < -0.39 is 0 Å². The molecule has 2 aromatic heterocycles. The zero-order valence-corrected chi connectivity index (χ0v) is 12.4. The van der Waals surface area contributed by atoms with Crippen molar-refractivity contribution in [3.05, 3.63) is 46.0 Å². The van der Waals surface area contributed by atoms with Gasteiger partial charge >= 0.3 is 0 Å². The maximum atomic E-state index is 12.4. The molecule has 0 spiro atoms. The molecule has 20 heavy (non-hydrogen) atoms. The summed E-state index contributed by atoms with van der Waals surface area (Å²) in [5.74, 6) is 0.794. The van der Waals surface area contributed by atoms with E-state index in [1.165, 1.54) is 4.88 Å². The molecule has 1 amide bonds. The van der Waals surface area contributed by atoms with Crippen LogP contribution in [0, 0.1) is 6.92 Å². The van der Waals surface area contributed by atoms with Crippen molar-refractivity contribution in [2.45, 2.75) is 13.5 Å². The van der Waals surface area contributed by atoms with E-state index in [1.54, 1.807) is 23.7 Å². The Morgan fingerprint density at radius 2 is 2.10 bits per heavy atom.